The molecule has 28 heavy (non-hydrogen) atoms. The molecule has 2 aromatic rings. The summed E-state index contributed by atoms with van der Waals surface area (Å²) < 4.78 is 0. The highest BCUT2D eigenvalue weighted by molar-refractivity contribution is 5.88. The molecule has 2 amide bonds. The molecule has 3 N–H and O–H groups in total. The fourth-order valence-electron chi connectivity index (χ4n) is 2.49. The van der Waals surface area contributed by atoms with E-state index in [1.165, 1.54) is 6.92 Å². The average Bonchev–Trinajstić information content (AvgIpc) is 2.68. The Morgan fingerprint density at radius 1 is 0.964 bits per heavy atom. The number of carboxylic acid groups (broad SMARTS) is 2. The van der Waals surface area contributed by atoms with Gasteiger partial charge in [0.25, 0.3) is 0 Å². The summed E-state index contributed by atoms with van der Waals surface area (Å²) in [5.74, 6) is -1.98. The fraction of sp³-hybridized carbons (Fsp3) is 0.250. The van der Waals surface area contributed by atoms with E-state index in [2.05, 4.69) is 5.32 Å². The highest BCUT2D eigenvalue weighted by Crippen LogP contribution is 2.13. The van der Waals surface area contributed by atoms with Gasteiger partial charge < -0.3 is 15.5 Å². The van der Waals surface area contributed by atoms with Crippen LogP contribution >= 0.6 is 0 Å². The van der Waals surface area contributed by atoms with Gasteiger partial charge in [0.05, 0.1) is 0 Å². The standard InChI is InChI=1S/C20H22N2O6/c1-14(19(24)25)21-18(23)17(12-15-8-4-2-5-9-15)22(20(26)27)28-13-16-10-6-3-7-11-16/h2-11,14,17H,12-13H2,1H3,(H,21,23)(H,24,25)(H,26,27)/t14-,17-/m0/s1. The number of carboxylic acids is 1. The third-order valence-electron chi connectivity index (χ3n) is 3.99. The van der Waals surface area contributed by atoms with Crippen LogP contribution in [0.5, 0.6) is 0 Å². The van der Waals surface area contributed by atoms with Crippen molar-refractivity contribution in [3.8, 4) is 0 Å². The number of aliphatic carboxylic acids is 1. The van der Waals surface area contributed by atoms with Crippen molar-refractivity contribution < 1.29 is 29.4 Å². The lowest BCUT2D eigenvalue weighted by Crippen LogP contribution is -2.53. The summed E-state index contributed by atoms with van der Waals surface area (Å²) in [7, 11) is 0. The van der Waals surface area contributed by atoms with Crippen LogP contribution < -0.4 is 5.32 Å². The van der Waals surface area contributed by atoms with Crippen LogP contribution in [-0.4, -0.2) is 45.3 Å². The number of amides is 2. The molecule has 0 aliphatic rings. The van der Waals surface area contributed by atoms with Crippen LogP contribution in [0.1, 0.15) is 18.1 Å². The first-order chi connectivity index (χ1) is 13.4. The Hall–Kier alpha value is -3.39. The predicted molar refractivity (Wildman–Crippen MR) is 100 cm³/mol. The van der Waals surface area contributed by atoms with E-state index in [0.717, 1.165) is 5.56 Å². The maximum Gasteiger partial charge on any atom is 0.432 e. The summed E-state index contributed by atoms with van der Waals surface area (Å²) in [6, 6.07) is 15.3. The number of nitrogens with zero attached hydrogens (tertiary/aromatic N) is 1. The minimum Gasteiger partial charge on any atom is -0.480 e. The SMILES string of the molecule is C[C@H](NC(=O)[C@H](Cc1ccccc1)N(OCc1ccccc1)C(=O)O)C(=O)O. The molecule has 0 heterocycles. The summed E-state index contributed by atoms with van der Waals surface area (Å²) in [5.41, 5.74) is 1.44. The van der Waals surface area contributed by atoms with Crippen LogP contribution in [0.15, 0.2) is 60.7 Å². The molecule has 2 aromatic carbocycles. The van der Waals surface area contributed by atoms with Gasteiger partial charge in [0.15, 0.2) is 0 Å². The van der Waals surface area contributed by atoms with Crippen molar-refractivity contribution in [1.82, 2.24) is 10.4 Å². The first-order valence-corrected chi connectivity index (χ1v) is 8.64. The molecule has 2 rings (SSSR count). The molecular formula is C20H22N2O6. The highest BCUT2D eigenvalue weighted by atomic mass is 16.7. The van der Waals surface area contributed by atoms with E-state index in [4.69, 9.17) is 9.94 Å². The Labute approximate surface area is 162 Å². The largest absolute Gasteiger partial charge is 0.480 e. The summed E-state index contributed by atoms with van der Waals surface area (Å²) in [5, 5.41) is 21.5. The van der Waals surface area contributed by atoms with Crippen molar-refractivity contribution in [3.05, 3.63) is 71.8 Å². The third kappa shape index (κ3) is 6.10. The number of carbonyl (C=O) groups is 3. The molecule has 2 atom stereocenters. The van der Waals surface area contributed by atoms with Crippen molar-refractivity contribution >= 4 is 18.0 Å². The molecule has 0 aliphatic heterocycles. The zero-order chi connectivity index (χ0) is 20.5. The Morgan fingerprint density at radius 3 is 2.00 bits per heavy atom. The second kappa shape index (κ2) is 10.1. The number of nitrogens with one attached hydrogen (secondary N) is 1. The normalized spacial score (nSPS) is 12.6. The summed E-state index contributed by atoms with van der Waals surface area (Å²) in [6.07, 6.45) is -1.42. The Kier molecular flexibility index (Phi) is 7.53. The lowest BCUT2D eigenvalue weighted by Gasteiger charge is -2.28. The van der Waals surface area contributed by atoms with E-state index in [1.807, 2.05) is 6.07 Å². The summed E-state index contributed by atoms with van der Waals surface area (Å²) in [6.45, 7) is 1.25. The van der Waals surface area contributed by atoms with E-state index >= 15 is 0 Å². The van der Waals surface area contributed by atoms with Crippen LogP contribution in [0.2, 0.25) is 0 Å². The zero-order valence-corrected chi connectivity index (χ0v) is 15.3. The zero-order valence-electron chi connectivity index (χ0n) is 15.3. The summed E-state index contributed by atoms with van der Waals surface area (Å²) in [4.78, 5) is 40.9. The van der Waals surface area contributed by atoms with Gasteiger partial charge >= 0.3 is 12.1 Å². The molecule has 0 fully saturated rings. The van der Waals surface area contributed by atoms with Crippen molar-refractivity contribution in [3.63, 3.8) is 0 Å². The Balaban J connectivity index is 2.22. The molecular weight excluding hydrogens is 364 g/mol. The fourth-order valence-corrected chi connectivity index (χ4v) is 2.49. The topological polar surface area (TPSA) is 116 Å². The molecule has 0 aromatic heterocycles. The van der Waals surface area contributed by atoms with Gasteiger partial charge in [0.2, 0.25) is 5.91 Å². The first-order valence-electron chi connectivity index (χ1n) is 8.64. The molecule has 0 spiro atoms. The first kappa shape index (κ1) is 20.9. The van der Waals surface area contributed by atoms with Gasteiger partial charge in [-0.1, -0.05) is 60.7 Å². The van der Waals surface area contributed by atoms with E-state index < -0.39 is 30.1 Å². The Bertz CT molecular complexity index is 797. The van der Waals surface area contributed by atoms with Crippen LogP contribution in [0.4, 0.5) is 4.79 Å². The second-order valence-electron chi connectivity index (χ2n) is 6.14. The molecule has 8 nitrogen and oxygen atoms in total. The van der Waals surface area contributed by atoms with Crippen LogP contribution in [0.3, 0.4) is 0 Å². The van der Waals surface area contributed by atoms with Gasteiger partial charge in [-0.05, 0) is 18.1 Å². The molecule has 0 bridgehead atoms. The van der Waals surface area contributed by atoms with Gasteiger partial charge in [-0.25, -0.2) is 4.79 Å². The maximum absolute atomic E-state index is 12.7. The number of hydrogen-bond donors (Lipinski definition) is 3. The van der Waals surface area contributed by atoms with Gasteiger partial charge in [-0.2, -0.15) is 5.06 Å². The van der Waals surface area contributed by atoms with E-state index in [0.29, 0.717) is 10.6 Å². The lowest BCUT2D eigenvalue weighted by atomic mass is 10.0. The van der Waals surface area contributed by atoms with Gasteiger partial charge in [0, 0.05) is 6.42 Å². The van der Waals surface area contributed by atoms with Gasteiger partial charge in [-0.15, -0.1) is 0 Å². The second-order valence-corrected chi connectivity index (χ2v) is 6.14. The van der Waals surface area contributed by atoms with Gasteiger partial charge in [0.1, 0.15) is 18.7 Å². The molecule has 0 unspecified atom stereocenters. The van der Waals surface area contributed by atoms with Crippen molar-refractivity contribution in [2.24, 2.45) is 0 Å². The molecule has 0 saturated carbocycles. The molecule has 0 saturated heterocycles. The highest BCUT2D eigenvalue weighted by Gasteiger charge is 2.33. The smallest absolute Gasteiger partial charge is 0.432 e. The molecule has 0 radical (unpaired) electrons. The summed E-state index contributed by atoms with van der Waals surface area (Å²) >= 11 is 0. The van der Waals surface area contributed by atoms with Gasteiger partial charge in [-0.3, -0.25) is 14.4 Å². The predicted octanol–water partition coefficient (Wildman–Crippen LogP) is 2.30. The van der Waals surface area contributed by atoms with Crippen LogP contribution in [-0.2, 0) is 27.5 Å². The third-order valence-corrected chi connectivity index (χ3v) is 3.99. The number of hydrogen-bond acceptors (Lipinski definition) is 4. The van der Waals surface area contributed by atoms with Crippen molar-refractivity contribution in [2.45, 2.75) is 32.0 Å². The van der Waals surface area contributed by atoms with E-state index in [-0.39, 0.29) is 13.0 Å². The lowest BCUT2D eigenvalue weighted by molar-refractivity contribution is -0.176. The van der Waals surface area contributed by atoms with E-state index in [9.17, 15) is 19.5 Å². The monoisotopic (exact) mass is 386 g/mol. The van der Waals surface area contributed by atoms with Crippen LogP contribution in [0, 0.1) is 0 Å². The minimum absolute atomic E-state index is 0.0279. The number of rotatable bonds is 9. The average molecular weight is 386 g/mol. The Morgan fingerprint density at radius 2 is 1.50 bits per heavy atom. The maximum atomic E-state index is 12.7. The van der Waals surface area contributed by atoms with Crippen LogP contribution in [0.25, 0.3) is 0 Å². The molecule has 0 aliphatic carbocycles. The molecule has 148 valence electrons. The number of hydroxylamine groups is 2. The quantitative estimate of drug-likeness (QED) is 0.570. The van der Waals surface area contributed by atoms with Crippen molar-refractivity contribution in [2.75, 3.05) is 0 Å². The molecule has 8 heteroatoms. The van der Waals surface area contributed by atoms with E-state index in [1.54, 1.807) is 54.6 Å². The number of carbonyl (C=O) groups excluding carboxylic acids is 1. The minimum atomic E-state index is -1.45. The number of benzene rings is 2. The van der Waals surface area contributed by atoms with Crippen molar-refractivity contribution in [1.29, 1.82) is 0 Å².